The van der Waals surface area contributed by atoms with Crippen LogP contribution in [0.1, 0.15) is 11.9 Å². The van der Waals surface area contributed by atoms with Gasteiger partial charge in [0.2, 0.25) is 0 Å². The van der Waals surface area contributed by atoms with Crippen molar-refractivity contribution in [3.05, 3.63) is 12.2 Å². The number of hydrogen-bond acceptors (Lipinski definition) is 5. The summed E-state index contributed by atoms with van der Waals surface area (Å²) in [4.78, 5) is 0. The molecular formula is C8H14N4O2. The monoisotopic (exact) mass is 198 g/mol. The lowest BCUT2D eigenvalue weighted by Gasteiger charge is -2.23. The quantitative estimate of drug-likeness (QED) is 0.647. The molecule has 0 bridgehead atoms. The van der Waals surface area contributed by atoms with Gasteiger partial charge in [0.25, 0.3) is 0 Å². The van der Waals surface area contributed by atoms with Crippen molar-refractivity contribution in [1.29, 1.82) is 0 Å². The lowest BCUT2D eigenvalue weighted by atomic mass is 10.3. The standard InChI is InChI=1S/C8H14N4O2/c13-3-2-12-6-10-11-8(12)7-5-9-1-4-14-7/h6-7,9,13H,1-5H2. The van der Waals surface area contributed by atoms with Crippen molar-refractivity contribution in [2.45, 2.75) is 12.6 Å². The highest BCUT2D eigenvalue weighted by Crippen LogP contribution is 2.15. The molecule has 78 valence electrons. The van der Waals surface area contributed by atoms with Crippen LogP contribution in [-0.2, 0) is 11.3 Å². The Hall–Kier alpha value is -0.980. The molecule has 0 aliphatic carbocycles. The first-order valence-electron chi connectivity index (χ1n) is 4.72. The second-order valence-electron chi connectivity index (χ2n) is 3.17. The van der Waals surface area contributed by atoms with Gasteiger partial charge in [-0.25, -0.2) is 0 Å². The summed E-state index contributed by atoms with van der Waals surface area (Å²) in [6, 6.07) is 0. The van der Waals surface area contributed by atoms with Gasteiger partial charge < -0.3 is 19.7 Å². The Balaban J connectivity index is 2.09. The van der Waals surface area contributed by atoms with Gasteiger partial charge in [-0.05, 0) is 0 Å². The van der Waals surface area contributed by atoms with Gasteiger partial charge in [0.1, 0.15) is 12.4 Å². The topological polar surface area (TPSA) is 72.2 Å². The van der Waals surface area contributed by atoms with Crippen molar-refractivity contribution >= 4 is 0 Å². The molecule has 2 rings (SSSR count). The maximum Gasteiger partial charge on any atom is 0.163 e. The summed E-state index contributed by atoms with van der Waals surface area (Å²) in [6.45, 7) is 2.93. The number of aromatic nitrogens is 3. The molecule has 1 aromatic rings. The molecule has 1 saturated heterocycles. The fraction of sp³-hybridized carbons (Fsp3) is 0.750. The molecule has 6 heteroatoms. The summed E-state index contributed by atoms with van der Waals surface area (Å²) in [6.07, 6.45) is 1.57. The Morgan fingerprint density at radius 2 is 2.64 bits per heavy atom. The fourth-order valence-electron chi connectivity index (χ4n) is 1.52. The van der Waals surface area contributed by atoms with E-state index >= 15 is 0 Å². The first-order valence-corrected chi connectivity index (χ1v) is 4.72. The van der Waals surface area contributed by atoms with Gasteiger partial charge in [-0.2, -0.15) is 0 Å². The van der Waals surface area contributed by atoms with E-state index in [4.69, 9.17) is 9.84 Å². The van der Waals surface area contributed by atoms with Crippen molar-refractivity contribution in [3.8, 4) is 0 Å². The van der Waals surface area contributed by atoms with Crippen molar-refractivity contribution in [1.82, 2.24) is 20.1 Å². The van der Waals surface area contributed by atoms with Crippen LogP contribution in [0.3, 0.4) is 0 Å². The smallest absolute Gasteiger partial charge is 0.163 e. The lowest BCUT2D eigenvalue weighted by molar-refractivity contribution is 0.0193. The SMILES string of the molecule is OCCn1cnnc1C1CNCCO1. The van der Waals surface area contributed by atoms with Gasteiger partial charge in [0.05, 0.1) is 13.2 Å². The number of morpholine rings is 1. The van der Waals surface area contributed by atoms with Gasteiger partial charge in [-0.1, -0.05) is 0 Å². The van der Waals surface area contributed by atoms with E-state index in [2.05, 4.69) is 15.5 Å². The first kappa shape index (κ1) is 9.57. The van der Waals surface area contributed by atoms with Crippen LogP contribution in [0.4, 0.5) is 0 Å². The second kappa shape index (κ2) is 4.50. The molecule has 6 nitrogen and oxygen atoms in total. The molecule has 0 spiro atoms. The zero-order valence-corrected chi connectivity index (χ0v) is 7.89. The Morgan fingerprint density at radius 3 is 3.36 bits per heavy atom. The predicted octanol–water partition coefficient (Wildman–Crippen LogP) is -1.07. The molecule has 1 unspecified atom stereocenters. The molecule has 2 heterocycles. The van der Waals surface area contributed by atoms with E-state index in [1.165, 1.54) is 0 Å². The summed E-state index contributed by atoms with van der Waals surface area (Å²) >= 11 is 0. The van der Waals surface area contributed by atoms with Crippen molar-refractivity contribution < 1.29 is 9.84 Å². The minimum Gasteiger partial charge on any atom is -0.395 e. The zero-order chi connectivity index (χ0) is 9.80. The number of nitrogens with zero attached hydrogens (tertiary/aromatic N) is 3. The second-order valence-corrected chi connectivity index (χ2v) is 3.17. The molecule has 0 saturated carbocycles. The van der Waals surface area contributed by atoms with Crippen LogP contribution in [0, 0.1) is 0 Å². The van der Waals surface area contributed by atoms with E-state index in [0.29, 0.717) is 13.2 Å². The molecule has 1 aliphatic heterocycles. The van der Waals surface area contributed by atoms with Gasteiger partial charge in [0.15, 0.2) is 5.82 Å². The van der Waals surface area contributed by atoms with E-state index < -0.39 is 0 Å². The third-order valence-electron chi connectivity index (χ3n) is 2.20. The number of aliphatic hydroxyl groups is 1. The van der Waals surface area contributed by atoms with Gasteiger partial charge >= 0.3 is 0 Å². The summed E-state index contributed by atoms with van der Waals surface area (Å²) in [5.74, 6) is 0.784. The predicted molar refractivity (Wildman–Crippen MR) is 48.7 cm³/mol. The van der Waals surface area contributed by atoms with Crippen LogP contribution < -0.4 is 5.32 Å². The van der Waals surface area contributed by atoms with E-state index in [0.717, 1.165) is 18.9 Å². The highest BCUT2D eigenvalue weighted by molar-refractivity contribution is 4.94. The van der Waals surface area contributed by atoms with Crippen LogP contribution in [0.15, 0.2) is 6.33 Å². The third kappa shape index (κ3) is 1.92. The highest BCUT2D eigenvalue weighted by atomic mass is 16.5. The first-order chi connectivity index (χ1) is 6.92. The van der Waals surface area contributed by atoms with Gasteiger partial charge in [-0.15, -0.1) is 10.2 Å². The maximum atomic E-state index is 8.83. The largest absolute Gasteiger partial charge is 0.395 e. The van der Waals surface area contributed by atoms with Gasteiger partial charge in [-0.3, -0.25) is 0 Å². The van der Waals surface area contributed by atoms with E-state index in [1.807, 2.05) is 4.57 Å². The molecule has 2 N–H and O–H groups in total. The zero-order valence-electron chi connectivity index (χ0n) is 7.89. The minimum absolute atomic E-state index is 0.0437. The molecule has 1 aliphatic rings. The Morgan fingerprint density at radius 1 is 1.71 bits per heavy atom. The molecule has 1 atom stereocenters. The summed E-state index contributed by atoms with van der Waals surface area (Å²) in [7, 11) is 0. The lowest BCUT2D eigenvalue weighted by Crippen LogP contribution is -2.34. The highest BCUT2D eigenvalue weighted by Gasteiger charge is 2.20. The maximum absolute atomic E-state index is 8.83. The number of aliphatic hydroxyl groups excluding tert-OH is 1. The normalized spacial score (nSPS) is 22.5. The third-order valence-corrected chi connectivity index (χ3v) is 2.20. The van der Waals surface area contributed by atoms with Gasteiger partial charge in [0, 0.05) is 19.6 Å². The average molecular weight is 198 g/mol. The van der Waals surface area contributed by atoms with Crippen molar-refractivity contribution in [3.63, 3.8) is 0 Å². The van der Waals surface area contributed by atoms with E-state index in [1.54, 1.807) is 6.33 Å². The van der Waals surface area contributed by atoms with Crippen molar-refractivity contribution in [2.75, 3.05) is 26.3 Å². The van der Waals surface area contributed by atoms with Crippen LogP contribution in [-0.4, -0.2) is 46.2 Å². The fourth-order valence-corrected chi connectivity index (χ4v) is 1.52. The Bertz CT molecular complexity index is 283. The van der Waals surface area contributed by atoms with Crippen LogP contribution in [0.25, 0.3) is 0 Å². The van der Waals surface area contributed by atoms with Crippen LogP contribution in [0.2, 0.25) is 0 Å². The van der Waals surface area contributed by atoms with E-state index in [9.17, 15) is 0 Å². The van der Waals surface area contributed by atoms with Crippen molar-refractivity contribution in [2.24, 2.45) is 0 Å². The number of rotatable bonds is 3. The molecule has 0 radical (unpaired) electrons. The molecule has 1 aromatic heterocycles. The summed E-state index contributed by atoms with van der Waals surface area (Å²) in [5.41, 5.74) is 0. The van der Waals surface area contributed by atoms with E-state index in [-0.39, 0.29) is 12.7 Å². The molecule has 0 amide bonds. The number of hydrogen-bond donors (Lipinski definition) is 2. The van der Waals surface area contributed by atoms with Crippen LogP contribution in [0.5, 0.6) is 0 Å². The summed E-state index contributed by atoms with van der Waals surface area (Å²) < 4.78 is 7.36. The average Bonchev–Trinajstić information content (AvgIpc) is 2.68. The number of ether oxygens (including phenoxy) is 1. The Labute approximate surface area is 81.9 Å². The summed E-state index contributed by atoms with van der Waals surface area (Å²) in [5, 5.41) is 19.9. The number of nitrogens with one attached hydrogen (secondary N) is 1. The molecule has 14 heavy (non-hydrogen) atoms. The minimum atomic E-state index is -0.0437. The molecule has 0 aromatic carbocycles. The molecular weight excluding hydrogens is 184 g/mol. The Kier molecular flexibility index (Phi) is 3.07. The molecule has 1 fully saturated rings. The van der Waals surface area contributed by atoms with Crippen LogP contribution >= 0.6 is 0 Å².